The van der Waals surface area contributed by atoms with E-state index >= 15 is 0 Å². The predicted molar refractivity (Wildman–Crippen MR) is 69.7 cm³/mol. The first-order chi connectivity index (χ1) is 8.36. The molecule has 0 aliphatic rings. The smallest absolute Gasteiger partial charge is 0.0737 e. The van der Waals surface area contributed by atoms with Gasteiger partial charge in [0.15, 0.2) is 0 Å². The summed E-state index contributed by atoms with van der Waals surface area (Å²) in [5.74, 6) is 0. The topological polar surface area (TPSA) is 25.8 Å². The minimum absolute atomic E-state index is 0.998. The first-order valence-electron chi connectivity index (χ1n) is 5.62. The fourth-order valence-corrected chi connectivity index (χ4v) is 2.09. The Kier molecular flexibility index (Phi) is 2.33. The van der Waals surface area contributed by atoms with Crippen LogP contribution in [0.4, 0.5) is 0 Å². The molecule has 0 fully saturated rings. The van der Waals surface area contributed by atoms with Crippen LogP contribution in [0, 0.1) is 6.92 Å². The van der Waals surface area contributed by atoms with E-state index in [2.05, 4.69) is 35.1 Å². The Labute approximate surface area is 100.0 Å². The van der Waals surface area contributed by atoms with E-state index in [-0.39, 0.29) is 0 Å². The van der Waals surface area contributed by atoms with Crippen LogP contribution < -0.4 is 0 Å². The molecular formula is C15H12N2. The van der Waals surface area contributed by atoms with E-state index in [0.29, 0.717) is 0 Å². The van der Waals surface area contributed by atoms with Crippen LogP contribution in [0.2, 0.25) is 0 Å². The molecule has 0 spiro atoms. The van der Waals surface area contributed by atoms with Crippen molar-refractivity contribution in [3.8, 4) is 11.3 Å². The maximum absolute atomic E-state index is 4.44. The second-order valence-corrected chi connectivity index (χ2v) is 4.03. The van der Waals surface area contributed by atoms with Gasteiger partial charge in [0.05, 0.1) is 11.2 Å². The molecule has 0 bridgehead atoms. The van der Waals surface area contributed by atoms with E-state index in [1.54, 1.807) is 0 Å². The number of pyridine rings is 2. The third kappa shape index (κ3) is 1.68. The quantitative estimate of drug-likeness (QED) is 0.626. The summed E-state index contributed by atoms with van der Waals surface area (Å²) in [6.07, 6.45) is 3.65. The minimum Gasteiger partial charge on any atom is -0.256 e. The summed E-state index contributed by atoms with van der Waals surface area (Å²) in [6, 6.07) is 14.2. The molecule has 0 saturated carbocycles. The van der Waals surface area contributed by atoms with Gasteiger partial charge >= 0.3 is 0 Å². The van der Waals surface area contributed by atoms with Crippen LogP contribution in [0.5, 0.6) is 0 Å². The zero-order chi connectivity index (χ0) is 11.7. The Morgan fingerprint density at radius 1 is 0.824 bits per heavy atom. The highest BCUT2D eigenvalue weighted by molar-refractivity contribution is 5.87. The van der Waals surface area contributed by atoms with Crippen molar-refractivity contribution in [2.45, 2.75) is 6.92 Å². The van der Waals surface area contributed by atoms with Crippen molar-refractivity contribution in [1.29, 1.82) is 0 Å². The van der Waals surface area contributed by atoms with Crippen molar-refractivity contribution in [2.75, 3.05) is 0 Å². The van der Waals surface area contributed by atoms with Gasteiger partial charge in [-0.15, -0.1) is 0 Å². The lowest BCUT2D eigenvalue weighted by atomic mass is 10.0. The summed E-state index contributed by atoms with van der Waals surface area (Å²) in [5, 5.41) is 1.17. The summed E-state index contributed by atoms with van der Waals surface area (Å²) in [4.78, 5) is 8.83. The SMILES string of the molecule is Cc1c(-c2ccccn2)ccc2cccnc12. The average molecular weight is 220 g/mol. The van der Waals surface area contributed by atoms with Gasteiger partial charge in [-0.1, -0.05) is 24.3 Å². The van der Waals surface area contributed by atoms with Gasteiger partial charge in [0.2, 0.25) is 0 Å². The Balaban J connectivity index is 2.29. The van der Waals surface area contributed by atoms with Gasteiger partial charge in [0, 0.05) is 23.3 Å². The van der Waals surface area contributed by atoms with E-state index < -0.39 is 0 Å². The van der Waals surface area contributed by atoms with Gasteiger partial charge in [-0.2, -0.15) is 0 Å². The predicted octanol–water partition coefficient (Wildman–Crippen LogP) is 3.61. The molecule has 2 heteroatoms. The monoisotopic (exact) mass is 220 g/mol. The number of hydrogen-bond donors (Lipinski definition) is 0. The Morgan fingerprint density at radius 3 is 2.53 bits per heavy atom. The summed E-state index contributed by atoms with van der Waals surface area (Å²) in [6.45, 7) is 2.10. The standard InChI is InChI=1S/C15H12N2/c1-11-13(14-6-2-3-9-16-14)8-7-12-5-4-10-17-15(11)12/h2-10H,1H3. The lowest BCUT2D eigenvalue weighted by Crippen LogP contribution is -1.89. The van der Waals surface area contributed by atoms with E-state index in [0.717, 1.165) is 16.8 Å². The van der Waals surface area contributed by atoms with E-state index in [1.807, 2.05) is 36.7 Å². The average Bonchev–Trinajstić information content (AvgIpc) is 2.40. The van der Waals surface area contributed by atoms with Crippen molar-refractivity contribution < 1.29 is 0 Å². The number of benzene rings is 1. The molecule has 2 aromatic heterocycles. The van der Waals surface area contributed by atoms with Gasteiger partial charge in [-0.25, -0.2) is 0 Å². The minimum atomic E-state index is 0.998. The summed E-state index contributed by atoms with van der Waals surface area (Å²) < 4.78 is 0. The first kappa shape index (κ1) is 9.97. The highest BCUT2D eigenvalue weighted by atomic mass is 14.7. The van der Waals surface area contributed by atoms with Gasteiger partial charge in [-0.05, 0) is 30.7 Å². The zero-order valence-corrected chi connectivity index (χ0v) is 9.59. The van der Waals surface area contributed by atoms with Crippen molar-refractivity contribution in [2.24, 2.45) is 0 Å². The van der Waals surface area contributed by atoms with Crippen LogP contribution in [0.1, 0.15) is 5.56 Å². The molecular weight excluding hydrogens is 208 g/mol. The molecule has 0 unspecified atom stereocenters. The number of aromatic nitrogens is 2. The number of nitrogens with zero attached hydrogens (tertiary/aromatic N) is 2. The molecule has 0 atom stereocenters. The Hall–Kier alpha value is -2.22. The molecule has 0 amide bonds. The highest BCUT2D eigenvalue weighted by Gasteiger charge is 2.06. The van der Waals surface area contributed by atoms with Crippen molar-refractivity contribution in [3.05, 3.63) is 60.4 Å². The third-order valence-electron chi connectivity index (χ3n) is 2.97. The number of rotatable bonds is 1. The van der Waals surface area contributed by atoms with Gasteiger partial charge in [0.1, 0.15) is 0 Å². The van der Waals surface area contributed by atoms with Crippen LogP contribution in [-0.2, 0) is 0 Å². The van der Waals surface area contributed by atoms with E-state index in [4.69, 9.17) is 0 Å². The third-order valence-corrected chi connectivity index (χ3v) is 2.97. The van der Waals surface area contributed by atoms with Crippen molar-refractivity contribution >= 4 is 10.9 Å². The molecule has 0 radical (unpaired) electrons. The van der Waals surface area contributed by atoms with Crippen LogP contribution >= 0.6 is 0 Å². The fraction of sp³-hybridized carbons (Fsp3) is 0.0667. The number of fused-ring (bicyclic) bond motifs is 1. The zero-order valence-electron chi connectivity index (χ0n) is 9.59. The second kappa shape index (κ2) is 3.98. The number of hydrogen-bond acceptors (Lipinski definition) is 2. The normalized spacial score (nSPS) is 10.6. The molecule has 3 rings (SSSR count). The largest absolute Gasteiger partial charge is 0.256 e. The molecule has 1 aromatic carbocycles. The molecule has 0 aliphatic carbocycles. The summed E-state index contributed by atoms with van der Waals surface area (Å²) >= 11 is 0. The Morgan fingerprint density at radius 2 is 1.71 bits per heavy atom. The highest BCUT2D eigenvalue weighted by Crippen LogP contribution is 2.26. The lowest BCUT2D eigenvalue weighted by Gasteiger charge is -2.07. The van der Waals surface area contributed by atoms with Crippen LogP contribution in [0.15, 0.2) is 54.9 Å². The first-order valence-corrected chi connectivity index (χ1v) is 5.62. The molecule has 82 valence electrons. The summed E-state index contributed by atoms with van der Waals surface area (Å²) in [5.41, 5.74) is 4.38. The van der Waals surface area contributed by atoms with E-state index in [1.165, 1.54) is 10.9 Å². The fourth-order valence-electron chi connectivity index (χ4n) is 2.09. The van der Waals surface area contributed by atoms with Crippen LogP contribution in [0.3, 0.4) is 0 Å². The summed E-state index contributed by atoms with van der Waals surface area (Å²) in [7, 11) is 0. The maximum Gasteiger partial charge on any atom is 0.0737 e. The molecule has 0 saturated heterocycles. The van der Waals surface area contributed by atoms with Gasteiger partial charge < -0.3 is 0 Å². The van der Waals surface area contributed by atoms with E-state index in [9.17, 15) is 0 Å². The molecule has 2 heterocycles. The second-order valence-electron chi connectivity index (χ2n) is 4.03. The molecule has 2 nitrogen and oxygen atoms in total. The molecule has 3 aromatic rings. The van der Waals surface area contributed by atoms with Crippen molar-refractivity contribution in [3.63, 3.8) is 0 Å². The van der Waals surface area contributed by atoms with Gasteiger partial charge in [-0.3, -0.25) is 9.97 Å². The molecule has 17 heavy (non-hydrogen) atoms. The van der Waals surface area contributed by atoms with Crippen molar-refractivity contribution in [1.82, 2.24) is 9.97 Å². The maximum atomic E-state index is 4.44. The van der Waals surface area contributed by atoms with Gasteiger partial charge in [0.25, 0.3) is 0 Å². The lowest BCUT2D eigenvalue weighted by molar-refractivity contribution is 1.30. The van der Waals surface area contributed by atoms with Crippen LogP contribution in [-0.4, -0.2) is 9.97 Å². The van der Waals surface area contributed by atoms with Crippen LogP contribution in [0.25, 0.3) is 22.2 Å². The number of aryl methyl sites for hydroxylation is 1. The molecule has 0 N–H and O–H groups in total. The Bertz CT molecular complexity index is 660. The molecule has 0 aliphatic heterocycles.